The summed E-state index contributed by atoms with van der Waals surface area (Å²) in [6.07, 6.45) is 0. The number of nitrogens with one attached hydrogen (secondary N) is 1. The average molecular weight is 475 g/mol. The molecule has 1 amide bonds. The van der Waals surface area contributed by atoms with E-state index in [2.05, 4.69) is 10.3 Å². The highest BCUT2D eigenvalue weighted by atomic mass is 32.2. The van der Waals surface area contributed by atoms with E-state index < -0.39 is 4.92 Å². The molecular weight excluding hydrogens is 452 g/mol. The Morgan fingerprint density at radius 2 is 1.76 bits per heavy atom. The molecule has 0 atom stereocenters. The van der Waals surface area contributed by atoms with Crippen LogP contribution in [0.4, 0.5) is 11.4 Å². The van der Waals surface area contributed by atoms with Crippen LogP contribution in [0.1, 0.15) is 16.7 Å². The van der Waals surface area contributed by atoms with Crippen molar-refractivity contribution in [3.63, 3.8) is 0 Å². The molecule has 0 fully saturated rings. The zero-order valence-corrected chi connectivity index (χ0v) is 19.7. The van der Waals surface area contributed by atoms with Gasteiger partial charge in [-0.25, -0.2) is 4.98 Å². The molecule has 0 aliphatic heterocycles. The van der Waals surface area contributed by atoms with Gasteiger partial charge in [-0.05, 0) is 61.7 Å². The van der Waals surface area contributed by atoms with Crippen molar-refractivity contribution >= 4 is 39.9 Å². The number of para-hydroxylation sites is 1. The molecule has 0 spiro atoms. The highest BCUT2D eigenvalue weighted by Gasteiger charge is 2.16. The summed E-state index contributed by atoms with van der Waals surface area (Å²) in [5, 5.41) is 14.7. The SMILES string of the molecule is Cc1ccc(-n2c(SCC(=O)Nc3cc([N+](=O)[O-])ccc3C)nc3ccccc3c2=O)cc1C. The third kappa shape index (κ3) is 4.69. The number of aromatic nitrogens is 2. The van der Waals surface area contributed by atoms with Crippen LogP contribution in [0.2, 0.25) is 0 Å². The number of amides is 1. The van der Waals surface area contributed by atoms with Crippen LogP contribution in [0.15, 0.2) is 70.6 Å². The number of non-ortho nitro benzene ring substituents is 1. The Labute approximate surface area is 199 Å². The predicted octanol–water partition coefficient (Wildman–Crippen LogP) is 4.95. The van der Waals surface area contributed by atoms with Crippen LogP contribution < -0.4 is 10.9 Å². The van der Waals surface area contributed by atoms with Gasteiger partial charge in [-0.3, -0.25) is 24.3 Å². The van der Waals surface area contributed by atoms with E-state index in [1.165, 1.54) is 16.7 Å². The summed E-state index contributed by atoms with van der Waals surface area (Å²) in [7, 11) is 0. The zero-order chi connectivity index (χ0) is 24.4. The van der Waals surface area contributed by atoms with Crippen LogP contribution in [0.25, 0.3) is 16.6 Å². The van der Waals surface area contributed by atoms with Crippen molar-refractivity contribution in [2.45, 2.75) is 25.9 Å². The lowest BCUT2D eigenvalue weighted by Crippen LogP contribution is -2.23. The summed E-state index contributed by atoms with van der Waals surface area (Å²) in [6.45, 7) is 5.73. The zero-order valence-electron chi connectivity index (χ0n) is 18.9. The Bertz CT molecular complexity index is 1500. The fourth-order valence-corrected chi connectivity index (χ4v) is 4.29. The minimum atomic E-state index is -0.509. The summed E-state index contributed by atoms with van der Waals surface area (Å²) < 4.78 is 1.52. The fraction of sp³-hybridized carbons (Fsp3) is 0.160. The highest BCUT2D eigenvalue weighted by molar-refractivity contribution is 7.99. The highest BCUT2D eigenvalue weighted by Crippen LogP contribution is 2.25. The first-order valence-corrected chi connectivity index (χ1v) is 11.5. The van der Waals surface area contributed by atoms with Crippen LogP contribution >= 0.6 is 11.8 Å². The molecule has 1 N–H and O–H groups in total. The molecule has 0 bridgehead atoms. The number of thioether (sulfide) groups is 1. The molecule has 34 heavy (non-hydrogen) atoms. The van der Waals surface area contributed by atoms with Crippen molar-refractivity contribution in [1.29, 1.82) is 0 Å². The second kappa shape index (κ2) is 9.48. The van der Waals surface area contributed by atoms with E-state index in [1.54, 1.807) is 37.3 Å². The summed E-state index contributed by atoms with van der Waals surface area (Å²) >= 11 is 1.13. The summed E-state index contributed by atoms with van der Waals surface area (Å²) in [5.74, 6) is -0.389. The molecule has 0 unspecified atom stereocenters. The number of aryl methyl sites for hydroxylation is 3. The van der Waals surface area contributed by atoms with Gasteiger partial charge in [0, 0.05) is 12.1 Å². The van der Waals surface area contributed by atoms with Crippen molar-refractivity contribution in [1.82, 2.24) is 9.55 Å². The smallest absolute Gasteiger partial charge is 0.271 e. The lowest BCUT2D eigenvalue weighted by molar-refractivity contribution is -0.384. The van der Waals surface area contributed by atoms with Gasteiger partial charge in [-0.1, -0.05) is 36.0 Å². The van der Waals surface area contributed by atoms with E-state index in [9.17, 15) is 19.7 Å². The molecule has 0 saturated heterocycles. The fourth-order valence-electron chi connectivity index (χ4n) is 3.48. The molecule has 0 aliphatic rings. The molecule has 1 heterocycles. The normalized spacial score (nSPS) is 10.9. The first kappa shape index (κ1) is 23.2. The Balaban J connectivity index is 1.67. The summed E-state index contributed by atoms with van der Waals surface area (Å²) in [6, 6.07) is 17.1. The van der Waals surface area contributed by atoms with Crippen LogP contribution in [0.3, 0.4) is 0 Å². The van der Waals surface area contributed by atoms with Gasteiger partial charge in [0.2, 0.25) is 5.91 Å². The standard InChI is InChI=1S/C25H22N4O4S/c1-15-8-10-18(12-17(15)3)28-24(31)20-6-4-5-7-21(20)27-25(28)34-14-23(30)26-22-13-19(29(32)33)11-9-16(22)2/h4-13H,14H2,1-3H3,(H,26,30). The molecule has 9 heteroatoms. The third-order valence-electron chi connectivity index (χ3n) is 5.53. The second-order valence-corrected chi connectivity index (χ2v) is 8.86. The number of fused-ring (bicyclic) bond motifs is 1. The van der Waals surface area contributed by atoms with E-state index >= 15 is 0 Å². The van der Waals surface area contributed by atoms with Crippen molar-refractivity contribution in [2.75, 3.05) is 11.1 Å². The van der Waals surface area contributed by atoms with Crippen LogP contribution in [-0.2, 0) is 4.79 Å². The third-order valence-corrected chi connectivity index (χ3v) is 6.47. The van der Waals surface area contributed by atoms with E-state index in [0.717, 1.165) is 22.9 Å². The lowest BCUT2D eigenvalue weighted by Gasteiger charge is -2.14. The van der Waals surface area contributed by atoms with Gasteiger partial charge in [-0.2, -0.15) is 0 Å². The molecule has 4 rings (SSSR count). The number of nitro groups is 1. The number of anilines is 1. The van der Waals surface area contributed by atoms with Gasteiger partial charge < -0.3 is 5.32 Å². The molecule has 0 radical (unpaired) electrons. The summed E-state index contributed by atoms with van der Waals surface area (Å²) in [4.78, 5) is 41.3. The van der Waals surface area contributed by atoms with Crippen molar-refractivity contribution < 1.29 is 9.72 Å². The molecule has 4 aromatic rings. The number of benzene rings is 3. The molecule has 3 aromatic carbocycles. The number of nitro benzene ring substituents is 1. The minimum absolute atomic E-state index is 0.0300. The quantitative estimate of drug-likeness (QED) is 0.183. The molecule has 8 nitrogen and oxygen atoms in total. The Hall–Kier alpha value is -3.98. The van der Waals surface area contributed by atoms with Crippen molar-refractivity contribution in [2.24, 2.45) is 0 Å². The van der Waals surface area contributed by atoms with Gasteiger partial charge in [0.15, 0.2) is 5.16 Å². The van der Waals surface area contributed by atoms with Gasteiger partial charge in [-0.15, -0.1) is 0 Å². The minimum Gasteiger partial charge on any atom is -0.325 e. The molecule has 0 saturated carbocycles. The van der Waals surface area contributed by atoms with Crippen molar-refractivity contribution in [3.8, 4) is 5.69 Å². The average Bonchev–Trinajstić information content (AvgIpc) is 2.81. The maximum absolute atomic E-state index is 13.4. The van der Waals surface area contributed by atoms with E-state index in [4.69, 9.17) is 0 Å². The first-order chi connectivity index (χ1) is 16.2. The van der Waals surface area contributed by atoms with Crippen LogP contribution in [-0.4, -0.2) is 26.1 Å². The van der Waals surface area contributed by atoms with Gasteiger partial charge in [0.1, 0.15) is 0 Å². The molecule has 0 aliphatic carbocycles. The predicted molar refractivity (Wildman–Crippen MR) is 134 cm³/mol. The number of carbonyl (C=O) groups is 1. The number of hydrogen-bond acceptors (Lipinski definition) is 6. The molecule has 172 valence electrons. The number of rotatable bonds is 6. The molecular formula is C25H22N4O4S. The van der Waals surface area contributed by atoms with Gasteiger partial charge >= 0.3 is 0 Å². The van der Waals surface area contributed by atoms with E-state index in [1.807, 2.05) is 32.0 Å². The maximum atomic E-state index is 13.4. The largest absolute Gasteiger partial charge is 0.325 e. The van der Waals surface area contributed by atoms with Gasteiger partial charge in [0.25, 0.3) is 11.2 Å². The van der Waals surface area contributed by atoms with Crippen LogP contribution in [0.5, 0.6) is 0 Å². The topological polar surface area (TPSA) is 107 Å². The lowest BCUT2D eigenvalue weighted by atomic mass is 10.1. The van der Waals surface area contributed by atoms with E-state index in [-0.39, 0.29) is 22.9 Å². The Morgan fingerprint density at radius 1 is 1.03 bits per heavy atom. The Morgan fingerprint density at radius 3 is 2.50 bits per heavy atom. The number of nitrogens with zero attached hydrogens (tertiary/aromatic N) is 3. The monoisotopic (exact) mass is 474 g/mol. The van der Waals surface area contributed by atoms with E-state index in [0.29, 0.717) is 33.0 Å². The Kier molecular flexibility index (Phi) is 6.47. The second-order valence-electron chi connectivity index (χ2n) is 7.91. The number of hydrogen-bond donors (Lipinski definition) is 1. The van der Waals surface area contributed by atoms with Crippen molar-refractivity contribution in [3.05, 3.63) is 97.8 Å². The van der Waals surface area contributed by atoms with Crippen LogP contribution in [0, 0.1) is 30.9 Å². The maximum Gasteiger partial charge on any atom is 0.271 e. The summed E-state index contributed by atoms with van der Waals surface area (Å²) in [5.41, 5.74) is 4.12. The first-order valence-electron chi connectivity index (χ1n) is 10.5. The molecule has 1 aromatic heterocycles. The van der Waals surface area contributed by atoms with Gasteiger partial charge in [0.05, 0.1) is 33.0 Å². The number of carbonyl (C=O) groups excluding carboxylic acids is 1.